The maximum atomic E-state index is 8.34. The Balaban J connectivity index is 3.37. The molecule has 0 aliphatic rings. The smallest absolute Gasteiger partial charge is 0.143 e. The van der Waals surface area contributed by atoms with E-state index >= 15 is 0 Å². The highest BCUT2D eigenvalue weighted by Crippen LogP contribution is 1.92. The van der Waals surface area contributed by atoms with Gasteiger partial charge < -0.3 is 16.3 Å². The lowest BCUT2D eigenvalue weighted by Gasteiger charge is -2.09. The summed E-state index contributed by atoms with van der Waals surface area (Å²) >= 11 is 0. The minimum atomic E-state index is 0.104. The van der Waals surface area contributed by atoms with Gasteiger partial charge in [0, 0.05) is 12.5 Å². The summed E-state index contributed by atoms with van der Waals surface area (Å²) in [5.74, 6) is 0.394. The van der Waals surface area contributed by atoms with Gasteiger partial charge in [0.25, 0.3) is 0 Å². The van der Waals surface area contributed by atoms with Gasteiger partial charge in [-0.1, -0.05) is 25.4 Å². The molecule has 0 aliphatic heterocycles. The Morgan fingerprint density at radius 2 is 2.33 bits per heavy atom. The zero-order valence-electron chi connectivity index (χ0n) is 7.88. The highest BCUT2D eigenvalue weighted by atomic mass is 16.4. The van der Waals surface area contributed by atoms with Crippen LogP contribution in [0.15, 0.2) is 5.16 Å². The number of rotatable bonds is 6. The van der Waals surface area contributed by atoms with Crippen molar-refractivity contribution in [3.8, 4) is 0 Å². The number of hydrogen-bond donors (Lipinski definition) is 3. The molecule has 0 aliphatic carbocycles. The fourth-order valence-electron chi connectivity index (χ4n) is 0.823. The Hall–Kier alpha value is -0.770. The molecule has 0 heterocycles. The predicted molar refractivity (Wildman–Crippen MR) is 50.4 cm³/mol. The summed E-state index contributed by atoms with van der Waals surface area (Å²) < 4.78 is 0. The molecule has 0 saturated heterocycles. The molecule has 0 saturated carbocycles. The minimum absolute atomic E-state index is 0.104. The Labute approximate surface area is 73.8 Å². The van der Waals surface area contributed by atoms with E-state index in [2.05, 4.69) is 17.4 Å². The van der Waals surface area contributed by atoms with Gasteiger partial charge in [-0.15, -0.1) is 0 Å². The SMILES string of the molecule is CCCCNCC(C)C(N)=NO. The molecule has 1 atom stereocenters. The van der Waals surface area contributed by atoms with Crippen LogP contribution in [-0.4, -0.2) is 24.1 Å². The lowest BCUT2D eigenvalue weighted by molar-refractivity contribution is 0.314. The maximum absolute atomic E-state index is 8.34. The molecular weight excluding hydrogens is 154 g/mol. The van der Waals surface area contributed by atoms with Crippen molar-refractivity contribution in [1.29, 1.82) is 0 Å². The van der Waals surface area contributed by atoms with Crippen LogP contribution >= 0.6 is 0 Å². The van der Waals surface area contributed by atoms with E-state index in [1.54, 1.807) is 0 Å². The summed E-state index contributed by atoms with van der Waals surface area (Å²) in [5, 5.41) is 14.5. The predicted octanol–water partition coefficient (Wildman–Crippen LogP) is 0.759. The fraction of sp³-hybridized carbons (Fsp3) is 0.875. The van der Waals surface area contributed by atoms with Crippen molar-refractivity contribution >= 4 is 5.84 Å². The summed E-state index contributed by atoms with van der Waals surface area (Å²) in [4.78, 5) is 0. The molecule has 0 amide bonds. The summed E-state index contributed by atoms with van der Waals surface area (Å²) in [6.45, 7) is 5.85. The molecule has 0 fully saturated rings. The van der Waals surface area contributed by atoms with Crippen molar-refractivity contribution in [1.82, 2.24) is 5.32 Å². The molecular formula is C8H19N3O. The van der Waals surface area contributed by atoms with Gasteiger partial charge in [-0.3, -0.25) is 0 Å². The van der Waals surface area contributed by atoms with Crippen molar-refractivity contribution in [3.63, 3.8) is 0 Å². The first-order valence-electron chi connectivity index (χ1n) is 4.40. The van der Waals surface area contributed by atoms with Crippen LogP contribution in [0.2, 0.25) is 0 Å². The first kappa shape index (κ1) is 11.2. The normalized spacial score (nSPS) is 14.7. The molecule has 4 nitrogen and oxygen atoms in total. The van der Waals surface area contributed by atoms with E-state index < -0.39 is 0 Å². The average Bonchev–Trinajstić information content (AvgIpc) is 2.10. The summed E-state index contributed by atoms with van der Waals surface area (Å²) in [6, 6.07) is 0. The quantitative estimate of drug-likeness (QED) is 0.182. The zero-order valence-corrected chi connectivity index (χ0v) is 7.88. The molecule has 0 rings (SSSR count). The van der Waals surface area contributed by atoms with Crippen molar-refractivity contribution < 1.29 is 5.21 Å². The van der Waals surface area contributed by atoms with Crippen LogP contribution in [0.3, 0.4) is 0 Å². The van der Waals surface area contributed by atoms with Crippen molar-refractivity contribution in [2.24, 2.45) is 16.8 Å². The number of unbranched alkanes of at least 4 members (excludes halogenated alkanes) is 1. The lowest BCUT2D eigenvalue weighted by atomic mass is 10.1. The summed E-state index contributed by atoms with van der Waals surface area (Å²) in [5.41, 5.74) is 5.39. The third-order valence-corrected chi connectivity index (χ3v) is 1.78. The van der Waals surface area contributed by atoms with E-state index in [0.29, 0.717) is 5.84 Å². The van der Waals surface area contributed by atoms with Gasteiger partial charge in [0.05, 0.1) is 0 Å². The molecule has 0 aromatic rings. The number of oxime groups is 1. The van der Waals surface area contributed by atoms with Crippen molar-refractivity contribution in [2.75, 3.05) is 13.1 Å². The Morgan fingerprint density at radius 1 is 1.67 bits per heavy atom. The van der Waals surface area contributed by atoms with E-state index in [0.717, 1.165) is 13.1 Å². The maximum Gasteiger partial charge on any atom is 0.143 e. The van der Waals surface area contributed by atoms with Gasteiger partial charge in [-0.2, -0.15) is 0 Å². The molecule has 0 radical (unpaired) electrons. The van der Waals surface area contributed by atoms with Crippen LogP contribution in [0.1, 0.15) is 26.7 Å². The van der Waals surface area contributed by atoms with Crippen LogP contribution < -0.4 is 11.1 Å². The standard InChI is InChI=1S/C8H19N3O/c1-3-4-5-10-6-7(2)8(9)11-12/h7,10,12H,3-6H2,1-2H3,(H2,9,11). The molecule has 1 unspecified atom stereocenters. The third kappa shape index (κ3) is 4.96. The second-order valence-electron chi connectivity index (χ2n) is 2.98. The Kier molecular flexibility index (Phi) is 6.47. The Morgan fingerprint density at radius 3 is 2.83 bits per heavy atom. The fourth-order valence-corrected chi connectivity index (χ4v) is 0.823. The van der Waals surface area contributed by atoms with E-state index in [1.807, 2.05) is 6.92 Å². The van der Waals surface area contributed by atoms with Gasteiger partial charge in [0.15, 0.2) is 0 Å². The third-order valence-electron chi connectivity index (χ3n) is 1.78. The second-order valence-corrected chi connectivity index (χ2v) is 2.98. The molecule has 0 bridgehead atoms. The first-order chi connectivity index (χ1) is 5.72. The number of nitrogens with one attached hydrogen (secondary N) is 1. The summed E-state index contributed by atoms with van der Waals surface area (Å²) in [6.07, 6.45) is 2.36. The molecule has 0 aromatic carbocycles. The second kappa shape index (κ2) is 6.91. The van der Waals surface area contributed by atoms with Gasteiger partial charge in [-0.05, 0) is 13.0 Å². The number of nitrogens with two attached hydrogens (primary N) is 1. The van der Waals surface area contributed by atoms with Gasteiger partial charge >= 0.3 is 0 Å². The van der Waals surface area contributed by atoms with Crippen LogP contribution in [0.25, 0.3) is 0 Å². The highest BCUT2D eigenvalue weighted by Gasteiger charge is 2.05. The first-order valence-corrected chi connectivity index (χ1v) is 4.40. The van der Waals surface area contributed by atoms with Crippen LogP contribution in [0.4, 0.5) is 0 Å². The molecule has 0 spiro atoms. The molecule has 72 valence electrons. The van der Waals surface area contributed by atoms with Gasteiger partial charge in [0.2, 0.25) is 0 Å². The van der Waals surface area contributed by atoms with E-state index in [-0.39, 0.29) is 5.92 Å². The van der Waals surface area contributed by atoms with E-state index in [4.69, 9.17) is 10.9 Å². The largest absolute Gasteiger partial charge is 0.409 e. The highest BCUT2D eigenvalue weighted by molar-refractivity contribution is 5.82. The van der Waals surface area contributed by atoms with Crippen LogP contribution in [0, 0.1) is 5.92 Å². The lowest BCUT2D eigenvalue weighted by Crippen LogP contribution is -2.31. The Bertz CT molecular complexity index is 136. The molecule has 4 heteroatoms. The summed E-state index contributed by atoms with van der Waals surface area (Å²) in [7, 11) is 0. The monoisotopic (exact) mass is 173 g/mol. The number of hydrogen-bond acceptors (Lipinski definition) is 3. The molecule has 12 heavy (non-hydrogen) atoms. The van der Waals surface area contributed by atoms with Gasteiger partial charge in [-0.25, -0.2) is 0 Å². The minimum Gasteiger partial charge on any atom is -0.409 e. The van der Waals surface area contributed by atoms with Crippen molar-refractivity contribution in [3.05, 3.63) is 0 Å². The van der Waals surface area contributed by atoms with E-state index in [1.165, 1.54) is 12.8 Å². The molecule has 4 N–H and O–H groups in total. The topological polar surface area (TPSA) is 70.6 Å². The van der Waals surface area contributed by atoms with Crippen LogP contribution in [0.5, 0.6) is 0 Å². The van der Waals surface area contributed by atoms with Crippen LogP contribution in [-0.2, 0) is 0 Å². The van der Waals surface area contributed by atoms with E-state index in [9.17, 15) is 0 Å². The van der Waals surface area contributed by atoms with Gasteiger partial charge in [0.1, 0.15) is 5.84 Å². The number of nitrogens with zero attached hydrogens (tertiary/aromatic N) is 1. The van der Waals surface area contributed by atoms with Crippen molar-refractivity contribution in [2.45, 2.75) is 26.7 Å². The zero-order chi connectivity index (χ0) is 9.40. The average molecular weight is 173 g/mol. The molecule has 0 aromatic heterocycles. The number of amidine groups is 1.